The third-order valence-electron chi connectivity index (χ3n) is 6.21. The Labute approximate surface area is 237 Å². The average molecular weight is 604 g/mol. The van der Waals surface area contributed by atoms with E-state index < -0.39 is 40.5 Å². The Morgan fingerprint density at radius 3 is 2.19 bits per heavy atom. The van der Waals surface area contributed by atoms with E-state index >= 15 is 0 Å². The van der Waals surface area contributed by atoms with Crippen LogP contribution in [0.15, 0.2) is 76.9 Å². The van der Waals surface area contributed by atoms with Gasteiger partial charge in [0, 0.05) is 23.6 Å². The van der Waals surface area contributed by atoms with E-state index in [0.717, 1.165) is 10.2 Å². The van der Waals surface area contributed by atoms with Crippen LogP contribution in [0.4, 0.5) is 32.2 Å². The van der Waals surface area contributed by atoms with Crippen molar-refractivity contribution in [3.8, 4) is 16.5 Å². The summed E-state index contributed by atoms with van der Waals surface area (Å²) >= 11 is 1.30. The molecule has 42 heavy (non-hydrogen) atoms. The van der Waals surface area contributed by atoms with Gasteiger partial charge in [-0.1, -0.05) is 36.4 Å². The predicted octanol–water partition coefficient (Wildman–Crippen LogP) is 6.87. The molecule has 0 saturated heterocycles. The summed E-state index contributed by atoms with van der Waals surface area (Å²) in [6, 6.07) is 14.6. The number of nitrogens with zero attached hydrogens (tertiary/aromatic N) is 3. The molecular formula is C28H19F6N5O2S. The molecule has 0 unspecified atom stereocenters. The van der Waals surface area contributed by atoms with Crippen LogP contribution in [0, 0.1) is 6.92 Å². The fourth-order valence-electron chi connectivity index (χ4n) is 4.15. The molecule has 0 aliphatic heterocycles. The molecule has 3 heterocycles. The molecule has 0 aliphatic rings. The molecule has 0 bridgehead atoms. The van der Waals surface area contributed by atoms with E-state index in [4.69, 9.17) is 0 Å². The van der Waals surface area contributed by atoms with E-state index in [1.807, 2.05) is 30.3 Å². The maximum absolute atomic E-state index is 13.4. The number of aromatic amines is 1. The Bertz CT molecular complexity index is 1780. The van der Waals surface area contributed by atoms with Gasteiger partial charge in [-0.3, -0.25) is 14.6 Å². The third-order valence-corrected chi connectivity index (χ3v) is 7.10. The van der Waals surface area contributed by atoms with Crippen LogP contribution in [0.25, 0.3) is 16.5 Å². The second-order valence-electron chi connectivity index (χ2n) is 9.17. The number of hydrogen-bond acceptors (Lipinski definition) is 5. The van der Waals surface area contributed by atoms with Gasteiger partial charge in [0.25, 0.3) is 11.5 Å². The molecule has 1 amide bonds. The van der Waals surface area contributed by atoms with Crippen molar-refractivity contribution in [2.75, 3.05) is 5.32 Å². The Balaban J connectivity index is 1.56. The van der Waals surface area contributed by atoms with Gasteiger partial charge in [-0.05, 0) is 42.1 Å². The SMILES string of the molecule is Cc1nc(-n2nc(-c3cccs3)cc2NC(=O)c2cc(C(F)(F)F)cc(C(F)(F)F)c2)[nH]c(=O)c1Cc1ccccc1. The number of nitrogens with one attached hydrogen (secondary N) is 2. The van der Waals surface area contributed by atoms with Gasteiger partial charge < -0.3 is 5.32 Å². The van der Waals surface area contributed by atoms with E-state index in [2.05, 4.69) is 20.4 Å². The Hall–Kier alpha value is -4.72. The molecule has 0 atom stereocenters. The second-order valence-corrected chi connectivity index (χ2v) is 10.1. The van der Waals surface area contributed by atoms with Crippen LogP contribution in [-0.2, 0) is 18.8 Å². The molecule has 2 aromatic carbocycles. The number of carbonyl (C=O) groups is 1. The number of hydrogen-bond donors (Lipinski definition) is 2. The first-order valence-electron chi connectivity index (χ1n) is 12.2. The minimum absolute atomic E-state index is 0.0651. The largest absolute Gasteiger partial charge is 0.416 e. The lowest BCUT2D eigenvalue weighted by atomic mass is 10.0. The summed E-state index contributed by atoms with van der Waals surface area (Å²) < 4.78 is 81.2. The zero-order valence-corrected chi connectivity index (χ0v) is 22.3. The zero-order valence-electron chi connectivity index (χ0n) is 21.5. The number of rotatable bonds is 6. The summed E-state index contributed by atoms with van der Waals surface area (Å²) in [6.07, 6.45) is -9.98. The van der Waals surface area contributed by atoms with E-state index in [1.54, 1.807) is 24.4 Å². The zero-order chi connectivity index (χ0) is 30.2. The highest BCUT2D eigenvalue weighted by Gasteiger charge is 2.37. The van der Waals surface area contributed by atoms with Crippen LogP contribution in [0.2, 0.25) is 0 Å². The summed E-state index contributed by atoms with van der Waals surface area (Å²) in [6.45, 7) is 1.61. The monoisotopic (exact) mass is 603 g/mol. The summed E-state index contributed by atoms with van der Waals surface area (Å²) in [7, 11) is 0. The number of benzene rings is 2. The molecule has 14 heteroatoms. The minimum Gasteiger partial charge on any atom is -0.306 e. The van der Waals surface area contributed by atoms with Crippen LogP contribution in [0.5, 0.6) is 0 Å². The quantitative estimate of drug-likeness (QED) is 0.207. The fourth-order valence-corrected chi connectivity index (χ4v) is 4.84. The molecule has 0 spiro atoms. The summed E-state index contributed by atoms with van der Waals surface area (Å²) in [5.74, 6) is -1.52. The summed E-state index contributed by atoms with van der Waals surface area (Å²) in [4.78, 5) is 33.8. The number of aryl methyl sites for hydroxylation is 1. The Morgan fingerprint density at radius 2 is 1.62 bits per heavy atom. The number of alkyl halides is 6. The standard InChI is InChI=1S/C28H19F6N5O2S/c1-15-20(10-16-6-3-2-4-7-16)25(41)37-26(35-15)39-23(14-21(38-39)22-8-5-9-42-22)36-24(40)17-11-18(27(29,30)31)13-19(12-17)28(32,33)34/h2-9,11-14H,10H2,1H3,(H,36,40)(H,35,37,41). The number of H-pyrrole nitrogens is 1. The highest BCUT2D eigenvalue weighted by molar-refractivity contribution is 7.13. The van der Waals surface area contributed by atoms with Gasteiger partial charge in [0.05, 0.1) is 21.7 Å². The fraction of sp³-hybridized carbons (Fsp3) is 0.143. The number of halogens is 6. The molecule has 216 valence electrons. The number of thiophene rings is 1. The molecule has 3 aromatic heterocycles. The first-order chi connectivity index (χ1) is 19.8. The van der Waals surface area contributed by atoms with Crippen LogP contribution >= 0.6 is 11.3 Å². The van der Waals surface area contributed by atoms with Gasteiger partial charge in [0.1, 0.15) is 11.5 Å². The van der Waals surface area contributed by atoms with Gasteiger partial charge in [0.15, 0.2) is 0 Å². The van der Waals surface area contributed by atoms with Crippen LogP contribution in [-0.4, -0.2) is 25.7 Å². The molecular weight excluding hydrogens is 584 g/mol. The van der Waals surface area contributed by atoms with Crippen LogP contribution < -0.4 is 10.9 Å². The summed E-state index contributed by atoms with van der Waals surface area (Å²) in [5.41, 5.74) is -2.71. The van der Waals surface area contributed by atoms with E-state index in [-0.39, 0.29) is 24.3 Å². The second kappa shape index (κ2) is 10.9. The maximum atomic E-state index is 13.4. The normalized spacial score (nSPS) is 12.0. The van der Waals surface area contributed by atoms with E-state index in [9.17, 15) is 35.9 Å². The van der Waals surface area contributed by atoms with E-state index in [0.29, 0.717) is 34.0 Å². The lowest BCUT2D eigenvalue weighted by molar-refractivity contribution is -0.143. The van der Waals surface area contributed by atoms with Crippen LogP contribution in [0.3, 0.4) is 0 Å². The average Bonchev–Trinajstić information content (AvgIpc) is 3.60. The predicted molar refractivity (Wildman–Crippen MR) is 144 cm³/mol. The maximum Gasteiger partial charge on any atom is 0.416 e. The molecule has 0 aliphatic carbocycles. The molecule has 5 rings (SSSR count). The topological polar surface area (TPSA) is 92.7 Å². The molecule has 5 aromatic rings. The first-order valence-corrected chi connectivity index (χ1v) is 13.1. The van der Waals surface area contributed by atoms with Crippen LogP contribution in [0.1, 0.15) is 38.3 Å². The van der Waals surface area contributed by atoms with Gasteiger partial charge >= 0.3 is 12.4 Å². The molecule has 2 N–H and O–H groups in total. The Morgan fingerprint density at radius 1 is 0.952 bits per heavy atom. The lowest BCUT2D eigenvalue weighted by Gasteiger charge is -2.14. The Kier molecular flexibility index (Phi) is 7.49. The van der Waals surface area contributed by atoms with Crippen molar-refractivity contribution in [1.82, 2.24) is 19.7 Å². The van der Waals surface area contributed by atoms with E-state index in [1.165, 1.54) is 17.4 Å². The van der Waals surface area contributed by atoms with Crippen molar-refractivity contribution < 1.29 is 31.1 Å². The lowest BCUT2D eigenvalue weighted by Crippen LogP contribution is -2.23. The highest BCUT2D eigenvalue weighted by atomic mass is 32.1. The van der Waals surface area contributed by atoms with Crippen molar-refractivity contribution in [2.45, 2.75) is 25.7 Å². The van der Waals surface area contributed by atoms with Crippen molar-refractivity contribution in [2.24, 2.45) is 0 Å². The molecule has 0 fully saturated rings. The summed E-state index contributed by atoms with van der Waals surface area (Å²) in [5, 5.41) is 8.49. The van der Waals surface area contributed by atoms with Gasteiger partial charge in [0.2, 0.25) is 5.95 Å². The van der Waals surface area contributed by atoms with Gasteiger partial charge in [-0.25, -0.2) is 4.98 Å². The number of anilines is 1. The molecule has 7 nitrogen and oxygen atoms in total. The van der Waals surface area contributed by atoms with Crippen molar-refractivity contribution in [3.05, 3.63) is 116 Å². The number of amides is 1. The van der Waals surface area contributed by atoms with Crippen molar-refractivity contribution in [3.63, 3.8) is 0 Å². The van der Waals surface area contributed by atoms with Gasteiger partial charge in [-0.2, -0.15) is 36.1 Å². The highest BCUT2D eigenvalue weighted by Crippen LogP contribution is 2.36. The van der Waals surface area contributed by atoms with Crippen molar-refractivity contribution >= 4 is 23.1 Å². The van der Waals surface area contributed by atoms with Crippen molar-refractivity contribution in [1.29, 1.82) is 0 Å². The van der Waals surface area contributed by atoms with Gasteiger partial charge in [-0.15, -0.1) is 11.3 Å². The smallest absolute Gasteiger partial charge is 0.306 e. The molecule has 0 radical (unpaired) electrons. The number of aromatic nitrogens is 4. The molecule has 0 saturated carbocycles. The minimum atomic E-state index is -5.13. The third kappa shape index (κ3) is 6.12. The first kappa shape index (κ1) is 28.8. The number of carbonyl (C=O) groups excluding carboxylic acids is 1.